The summed E-state index contributed by atoms with van der Waals surface area (Å²) in [6, 6.07) is -0.654. The third-order valence-electron chi connectivity index (χ3n) is 4.52. The minimum Gasteiger partial charge on any atom is -0.379 e. The maximum Gasteiger partial charge on any atom is 0.405 e. The number of carbonyl (C=O) groups excluding carboxylic acids is 2. The zero-order chi connectivity index (χ0) is 18.4. The first kappa shape index (κ1) is 19.9. The molecule has 0 aromatic rings. The van der Waals surface area contributed by atoms with E-state index in [2.05, 4.69) is 0 Å². The molecule has 2 fully saturated rings. The van der Waals surface area contributed by atoms with Crippen molar-refractivity contribution in [2.24, 2.45) is 0 Å². The van der Waals surface area contributed by atoms with E-state index in [-0.39, 0.29) is 5.91 Å². The number of nitrogens with zero attached hydrogens (tertiary/aromatic N) is 3. The van der Waals surface area contributed by atoms with Crippen LogP contribution in [0.15, 0.2) is 0 Å². The fourth-order valence-corrected chi connectivity index (χ4v) is 2.91. The van der Waals surface area contributed by atoms with Crippen LogP contribution in [0.25, 0.3) is 0 Å². The Morgan fingerprint density at radius 3 is 2.24 bits per heavy atom. The molecule has 0 spiro atoms. The summed E-state index contributed by atoms with van der Waals surface area (Å²) in [6.45, 7) is 5.22. The molecule has 2 aliphatic rings. The number of alkyl halides is 3. The summed E-state index contributed by atoms with van der Waals surface area (Å²) in [4.78, 5) is 29.7. The Balaban J connectivity index is 1.72. The van der Waals surface area contributed by atoms with E-state index in [1.807, 2.05) is 10.2 Å². The summed E-state index contributed by atoms with van der Waals surface area (Å²) in [5, 5.41) is 1.90. The monoisotopic (exact) mass is 366 g/mol. The number of halogens is 3. The molecule has 2 rings (SSSR count). The molecule has 144 valence electrons. The number of piperazine rings is 1. The number of hydrogen-bond acceptors (Lipinski definition) is 5. The summed E-state index contributed by atoms with van der Waals surface area (Å²) in [6.07, 6.45) is -4.42. The predicted molar refractivity (Wildman–Crippen MR) is 83.9 cm³/mol. The van der Waals surface area contributed by atoms with Gasteiger partial charge >= 0.3 is 6.18 Å². The number of amides is 2. The highest BCUT2D eigenvalue weighted by Gasteiger charge is 2.31. The molecule has 1 atom stereocenters. The Kier molecular flexibility index (Phi) is 7.03. The molecule has 0 saturated carbocycles. The van der Waals surface area contributed by atoms with Crippen LogP contribution in [-0.2, 0) is 14.3 Å². The Bertz CT molecular complexity index is 461. The number of hydrogen-bond donors (Lipinski definition) is 1. The van der Waals surface area contributed by atoms with E-state index in [4.69, 9.17) is 4.74 Å². The second kappa shape index (κ2) is 8.81. The van der Waals surface area contributed by atoms with Gasteiger partial charge in [0.05, 0.1) is 25.8 Å². The van der Waals surface area contributed by atoms with E-state index in [1.165, 1.54) is 0 Å². The minimum atomic E-state index is -4.42. The molecule has 0 aromatic heterocycles. The molecule has 1 unspecified atom stereocenters. The van der Waals surface area contributed by atoms with Gasteiger partial charge in [0.2, 0.25) is 11.8 Å². The molecule has 1 N–H and O–H groups in total. The van der Waals surface area contributed by atoms with Gasteiger partial charge in [-0.05, 0) is 6.92 Å². The van der Waals surface area contributed by atoms with Gasteiger partial charge < -0.3 is 15.0 Å². The predicted octanol–water partition coefficient (Wildman–Crippen LogP) is -0.470. The van der Waals surface area contributed by atoms with E-state index < -0.39 is 24.7 Å². The highest BCUT2D eigenvalue weighted by Crippen LogP contribution is 2.13. The first-order valence-electron chi connectivity index (χ1n) is 8.42. The lowest BCUT2D eigenvalue weighted by atomic mass is 10.2. The smallest absolute Gasteiger partial charge is 0.379 e. The minimum absolute atomic E-state index is 0.0377. The Morgan fingerprint density at radius 2 is 1.68 bits per heavy atom. The summed E-state index contributed by atoms with van der Waals surface area (Å²) in [7, 11) is 0. The van der Waals surface area contributed by atoms with Crippen LogP contribution in [0.4, 0.5) is 13.2 Å². The normalized spacial score (nSPS) is 21.8. The van der Waals surface area contributed by atoms with Gasteiger partial charge in [0.1, 0.15) is 6.54 Å². The average Bonchev–Trinajstić information content (AvgIpc) is 2.59. The van der Waals surface area contributed by atoms with Crippen LogP contribution >= 0.6 is 0 Å². The average molecular weight is 366 g/mol. The van der Waals surface area contributed by atoms with Gasteiger partial charge in [-0.3, -0.25) is 19.4 Å². The molecular weight excluding hydrogens is 341 g/mol. The van der Waals surface area contributed by atoms with Crippen molar-refractivity contribution in [1.29, 1.82) is 0 Å². The van der Waals surface area contributed by atoms with Gasteiger partial charge in [-0.1, -0.05) is 0 Å². The van der Waals surface area contributed by atoms with E-state index in [9.17, 15) is 22.8 Å². The van der Waals surface area contributed by atoms with E-state index >= 15 is 0 Å². The number of nitrogens with one attached hydrogen (secondary N) is 1. The van der Waals surface area contributed by atoms with Gasteiger partial charge in [0.15, 0.2) is 0 Å². The quantitative estimate of drug-likeness (QED) is 0.713. The van der Waals surface area contributed by atoms with E-state index in [0.717, 1.165) is 13.1 Å². The largest absolute Gasteiger partial charge is 0.405 e. The maximum atomic E-state index is 12.3. The molecule has 7 nitrogen and oxygen atoms in total. The summed E-state index contributed by atoms with van der Waals surface area (Å²) in [5.41, 5.74) is 0. The molecule has 0 aliphatic carbocycles. The van der Waals surface area contributed by atoms with Crippen LogP contribution in [0.5, 0.6) is 0 Å². The summed E-state index contributed by atoms with van der Waals surface area (Å²) in [5.74, 6) is -0.610. The van der Waals surface area contributed by atoms with Crippen molar-refractivity contribution >= 4 is 11.8 Å². The van der Waals surface area contributed by atoms with Crippen molar-refractivity contribution < 1.29 is 27.5 Å². The molecule has 10 heteroatoms. The third kappa shape index (κ3) is 6.44. The van der Waals surface area contributed by atoms with Gasteiger partial charge in [0.25, 0.3) is 0 Å². The van der Waals surface area contributed by atoms with Gasteiger partial charge in [-0.25, -0.2) is 0 Å². The number of rotatable bonds is 5. The van der Waals surface area contributed by atoms with Crippen LogP contribution in [0.1, 0.15) is 6.92 Å². The molecule has 2 aliphatic heterocycles. The fraction of sp³-hybridized carbons (Fsp3) is 0.867. The standard InChI is InChI=1S/C15H25F3N4O3/c1-12(14(24)19-11-15(16,17)18)21-2-4-22(5-3-21)13(23)10-20-6-8-25-9-7-20/h12H,2-11H2,1H3,(H,19,24). The van der Waals surface area contributed by atoms with Crippen LogP contribution < -0.4 is 5.32 Å². The lowest BCUT2D eigenvalue weighted by Crippen LogP contribution is -2.56. The van der Waals surface area contributed by atoms with Crippen LogP contribution in [-0.4, -0.2) is 104 Å². The highest BCUT2D eigenvalue weighted by atomic mass is 19.4. The van der Waals surface area contributed by atoms with Crippen molar-refractivity contribution in [3.05, 3.63) is 0 Å². The Hall–Kier alpha value is -1.39. The first-order chi connectivity index (χ1) is 11.8. The topological polar surface area (TPSA) is 65.1 Å². The number of ether oxygens (including phenoxy) is 1. The van der Waals surface area contributed by atoms with Crippen molar-refractivity contribution in [3.63, 3.8) is 0 Å². The molecule has 25 heavy (non-hydrogen) atoms. The zero-order valence-corrected chi connectivity index (χ0v) is 14.3. The molecule has 0 aromatic carbocycles. The van der Waals surface area contributed by atoms with E-state index in [0.29, 0.717) is 45.9 Å². The lowest BCUT2D eigenvalue weighted by molar-refractivity contribution is -0.142. The highest BCUT2D eigenvalue weighted by molar-refractivity contribution is 5.81. The molecule has 0 bridgehead atoms. The van der Waals surface area contributed by atoms with Crippen molar-refractivity contribution in [2.45, 2.75) is 19.1 Å². The lowest BCUT2D eigenvalue weighted by Gasteiger charge is -2.38. The molecular formula is C15H25F3N4O3. The van der Waals surface area contributed by atoms with Gasteiger partial charge in [-0.2, -0.15) is 13.2 Å². The van der Waals surface area contributed by atoms with Crippen LogP contribution in [0.3, 0.4) is 0 Å². The van der Waals surface area contributed by atoms with Crippen LogP contribution in [0, 0.1) is 0 Å². The number of morpholine rings is 1. The Labute approximate surface area is 145 Å². The molecule has 2 amide bonds. The molecule has 2 heterocycles. The first-order valence-corrected chi connectivity index (χ1v) is 8.42. The molecule has 2 saturated heterocycles. The maximum absolute atomic E-state index is 12.3. The SMILES string of the molecule is CC(C(=O)NCC(F)(F)F)N1CCN(C(=O)CN2CCOCC2)CC1. The van der Waals surface area contributed by atoms with Gasteiger partial charge in [-0.15, -0.1) is 0 Å². The number of carbonyl (C=O) groups is 2. The summed E-state index contributed by atoms with van der Waals surface area (Å²) >= 11 is 0. The second-order valence-electron chi connectivity index (χ2n) is 6.31. The zero-order valence-electron chi connectivity index (χ0n) is 14.3. The van der Waals surface area contributed by atoms with Crippen molar-refractivity contribution in [3.8, 4) is 0 Å². The third-order valence-corrected chi connectivity index (χ3v) is 4.52. The van der Waals surface area contributed by atoms with Crippen molar-refractivity contribution in [2.75, 3.05) is 65.6 Å². The van der Waals surface area contributed by atoms with Gasteiger partial charge in [0, 0.05) is 39.3 Å². The fourth-order valence-electron chi connectivity index (χ4n) is 2.91. The van der Waals surface area contributed by atoms with Crippen molar-refractivity contribution in [1.82, 2.24) is 20.0 Å². The second-order valence-corrected chi connectivity index (χ2v) is 6.31. The Morgan fingerprint density at radius 1 is 1.08 bits per heavy atom. The van der Waals surface area contributed by atoms with E-state index in [1.54, 1.807) is 16.7 Å². The summed E-state index contributed by atoms with van der Waals surface area (Å²) < 4.78 is 41.8. The van der Waals surface area contributed by atoms with Crippen LogP contribution in [0.2, 0.25) is 0 Å². The molecule has 0 radical (unpaired) electrons.